The van der Waals surface area contributed by atoms with Crippen molar-refractivity contribution < 1.29 is 27.9 Å². The van der Waals surface area contributed by atoms with Crippen LogP contribution in [0.1, 0.15) is 52.6 Å². The van der Waals surface area contributed by atoms with Crippen molar-refractivity contribution in [1.29, 1.82) is 0 Å². The molecule has 14 heteroatoms. The van der Waals surface area contributed by atoms with Crippen molar-refractivity contribution in [2.24, 2.45) is 5.92 Å². The van der Waals surface area contributed by atoms with Gasteiger partial charge in [0, 0.05) is 57.6 Å². The van der Waals surface area contributed by atoms with E-state index in [1.807, 2.05) is 12.3 Å². The van der Waals surface area contributed by atoms with Gasteiger partial charge in [-0.15, -0.1) is 11.3 Å². The summed E-state index contributed by atoms with van der Waals surface area (Å²) < 4.78 is 27.2. The minimum atomic E-state index is -3.92. The third kappa shape index (κ3) is 8.46. The highest BCUT2D eigenvalue weighted by molar-refractivity contribution is 7.90. The van der Waals surface area contributed by atoms with Gasteiger partial charge in [-0.1, -0.05) is 6.92 Å². The molecular weight excluding hydrogens is 544 g/mol. The van der Waals surface area contributed by atoms with E-state index in [0.717, 1.165) is 27.1 Å². The zero-order valence-corrected chi connectivity index (χ0v) is 24.1. The predicted octanol–water partition coefficient (Wildman–Crippen LogP) is 1.32. The smallest absolute Gasteiger partial charge is 0.335 e. The standard InChI is InChI=1S/C25H36N6O6S2/c1-5-22(24(33)27-12-16-6-7-16)26-13-19(11-20-14-38-15-28-20)29-23(32)17-8-18(25(34)35)10-21(9-17)31(4)39(36,37)30(2)3/h8-10,14-16,19,22,26H,5-7,11-13H2,1-4H3,(H,27,33)(H,29,32)(H,34,35)/t19-,22-/m0/s1. The lowest BCUT2D eigenvalue weighted by atomic mass is 10.1. The normalized spacial score (nSPS) is 15.0. The number of amides is 2. The Morgan fingerprint density at radius 3 is 2.41 bits per heavy atom. The Morgan fingerprint density at radius 1 is 1.15 bits per heavy atom. The van der Waals surface area contributed by atoms with Gasteiger partial charge in [0.1, 0.15) is 0 Å². The first-order valence-corrected chi connectivity index (χ1v) is 15.0. The summed E-state index contributed by atoms with van der Waals surface area (Å²) in [5.41, 5.74) is 2.23. The highest BCUT2D eigenvalue weighted by Crippen LogP contribution is 2.27. The van der Waals surface area contributed by atoms with Gasteiger partial charge in [-0.3, -0.25) is 13.9 Å². The van der Waals surface area contributed by atoms with E-state index in [9.17, 15) is 27.9 Å². The number of nitrogens with one attached hydrogen (secondary N) is 3. The number of anilines is 1. The Kier molecular flexibility index (Phi) is 10.4. The highest BCUT2D eigenvalue weighted by Gasteiger charge is 2.26. The van der Waals surface area contributed by atoms with E-state index < -0.39 is 34.2 Å². The monoisotopic (exact) mass is 580 g/mol. The maximum absolute atomic E-state index is 13.3. The average Bonchev–Trinajstić information content (AvgIpc) is 3.60. The molecule has 4 N–H and O–H groups in total. The second-order valence-electron chi connectivity index (χ2n) is 9.74. The van der Waals surface area contributed by atoms with Crippen molar-refractivity contribution in [1.82, 2.24) is 25.2 Å². The Balaban J connectivity index is 1.80. The van der Waals surface area contributed by atoms with Crippen molar-refractivity contribution in [2.45, 2.75) is 44.7 Å². The van der Waals surface area contributed by atoms with Crippen LogP contribution >= 0.6 is 11.3 Å². The Morgan fingerprint density at radius 2 is 1.85 bits per heavy atom. The number of rotatable bonds is 15. The molecule has 0 aliphatic heterocycles. The van der Waals surface area contributed by atoms with Crippen molar-refractivity contribution in [3.8, 4) is 0 Å². The van der Waals surface area contributed by atoms with Gasteiger partial charge in [0.05, 0.1) is 28.5 Å². The number of carbonyl (C=O) groups is 3. The van der Waals surface area contributed by atoms with Crippen molar-refractivity contribution in [3.05, 3.63) is 45.9 Å². The minimum absolute atomic E-state index is 0.0109. The molecule has 2 amide bonds. The summed E-state index contributed by atoms with van der Waals surface area (Å²) in [4.78, 5) is 42.0. The molecular formula is C25H36N6O6S2. The van der Waals surface area contributed by atoms with Gasteiger partial charge in [-0.2, -0.15) is 12.7 Å². The van der Waals surface area contributed by atoms with Crippen LogP contribution in [0.15, 0.2) is 29.1 Å². The van der Waals surface area contributed by atoms with Crippen LogP contribution in [0, 0.1) is 5.92 Å². The molecule has 0 bridgehead atoms. The van der Waals surface area contributed by atoms with E-state index in [1.165, 1.54) is 50.7 Å². The maximum atomic E-state index is 13.3. The number of benzene rings is 1. The molecule has 0 saturated heterocycles. The summed E-state index contributed by atoms with van der Waals surface area (Å²) >= 11 is 1.42. The molecule has 1 aromatic heterocycles. The molecule has 1 heterocycles. The number of thiazole rings is 1. The third-order valence-corrected chi connectivity index (χ3v) is 8.93. The molecule has 1 aliphatic rings. The molecule has 39 heavy (non-hydrogen) atoms. The van der Waals surface area contributed by atoms with Gasteiger partial charge in [-0.25, -0.2) is 9.78 Å². The second-order valence-corrected chi connectivity index (χ2v) is 12.6. The van der Waals surface area contributed by atoms with Gasteiger partial charge in [0.15, 0.2) is 0 Å². The van der Waals surface area contributed by atoms with Crippen molar-refractivity contribution >= 4 is 45.0 Å². The summed E-state index contributed by atoms with van der Waals surface area (Å²) in [5, 5.41) is 20.6. The fourth-order valence-corrected chi connectivity index (χ4v) is 5.29. The second kappa shape index (κ2) is 13.3. The number of carboxylic acid groups (broad SMARTS) is 1. The number of hydrogen-bond acceptors (Lipinski definition) is 8. The third-order valence-electron chi connectivity index (χ3n) is 6.47. The Bertz CT molecular complexity index is 1260. The largest absolute Gasteiger partial charge is 0.478 e. The number of aromatic nitrogens is 1. The van der Waals surface area contributed by atoms with Gasteiger partial charge < -0.3 is 21.1 Å². The van der Waals surface area contributed by atoms with Crippen molar-refractivity contribution in [3.63, 3.8) is 0 Å². The molecule has 2 atom stereocenters. The molecule has 1 aliphatic carbocycles. The zero-order valence-electron chi connectivity index (χ0n) is 22.5. The first kappa shape index (κ1) is 30.5. The topological polar surface area (TPSA) is 161 Å². The van der Waals surface area contributed by atoms with E-state index in [-0.39, 0.29) is 29.3 Å². The number of hydrogen-bond donors (Lipinski definition) is 4. The molecule has 12 nitrogen and oxygen atoms in total. The summed E-state index contributed by atoms with van der Waals surface area (Å²) in [6.07, 6.45) is 3.20. The van der Waals surface area contributed by atoms with E-state index >= 15 is 0 Å². The van der Waals surface area contributed by atoms with Crippen LogP contribution in [0.3, 0.4) is 0 Å². The molecule has 3 rings (SSSR count). The van der Waals surface area contributed by atoms with Crippen LogP contribution in [0.4, 0.5) is 5.69 Å². The first-order chi connectivity index (χ1) is 18.4. The van der Waals surface area contributed by atoms with Crippen LogP contribution in [0.2, 0.25) is 0 Å². The van der Waals surface area contributed by atoms with E-state index in [0.29, 0.717) is 25.3 Å². The summed E-state index contributed by atoms with van der Waals surface area (Å²) in [6.45, 7) is 2.83. The molecule has 0 spiro atoms. The van der Waals surface area contributed by atoms with Crippen LogP contribution in [0.5, 0.6) is 0 Å². The predicted molar refractivity (Wildman–Crippen MR) is 149 cm³/mol. The van der Waals surface area contributed by atoms with Crippen LogP contribution < -0.4 is 20.3 Å². The Hall–Kier alpha value is -3.07. The molecule has 0 radical (unpaired) electrons. The zero-order chi connectivity index (χ0) is 28.7. The highest BCUT2D eigenvalue weighted by atomic mass is 32.2. The number of nitrogens with zero attached hydrogens (tertiary/aromatic N) is 3. The molecule has 214 valence electrons. The fourth-order valence-electron chi connectivity index (χ4n) is 3.86. The number of aromatic carboxylic acids is 1. The summed E-state index contributed by atoms with van der Waals surface area (Å²) in [6, 6.07) is 2.80. The van der Waals surface area contributed by atoms with Gasteiger partial charge in [0.25, 0.3) is 5.91 Å². The lowest BCUT2D eigenvalue weighted by Gasteiger charge is -2.25. The first-order valence-electron chi connectivity index (χ1n) is 12.7. The summed E-state index contributed by atoms with van der Waals surface area (Å²) in [7, 11) is 0.0701. The molecule has 1 fully saturated rings. The average molecular weight is 581 g/mol. The summed E-state index contributed by atoms with van der Waals surface area (Å²) in [5.74, 6) is -1.41. The van der Waals surface area contributed by atoms with Crippen LogP contribution in [-0.2, 0) is 21.4 Å². The number of carboxylic acids is 1. The lowest BCUT2D eigenvalue weighted by molar-refractivity contribution is -0.123. The van der Waals surface area contributed by atoms with E-state index in [4.69, 9.17) is 0 Å². The molecule has 0 unspecified atom stereocenters. The van der Waals surface area contributed by atoms with Gasteiger partial charge >= 0.3 is 16.2 Å². The minimum Gasteiger partial charge on any atom is -0.478 e. The molecule has 2 aromatic rings. The van der Waals surface area contributed by atoms with Gasteiger partial charge in [-0.05, 0) is 43.4 Å². The molecule has 1 saturated carbocycles. The lowest BCUT2D eigenvalue weighted by Crippen LogP contribution is -2.50. The van der Waals surface area contributed by atoms with Crippen LogP contribution in [0.25, 0.3) is 0 Å². The van der Waals surface area contributed by atoms with Crippen LogP contribution in [-0.4, -0.2) is 86.9 Å². The van der Waals surface area contributed by atoms with Crippen molar-refractivity contribution in [2.75, 3.05) is 38.5 Å². The van der Waals surface area contributed by atoms with E-state index in [1.54, 1.807) is 5.51 Å². The quantitative estimate of drug-likeness (QED) is 0.245. The number of carbonyl (C=O) groups excluding carboxylic acids is 2. The fraction of sp³-hybridized carbons (Fsp3) is 0.520. The Labute approximate surface area is 233 Å². The SMILES string of the molecule is CC[C@H](NC[C@H](Cc1cscn1)NC(=O)c1cc(C(=O)O)cc(N(C)S(=O)(=O)N(C)C)c1)C(=O)NCC1CC1. The maximum Gasteiger partial charge on any atom is 0.335 e. The molecule has 1 aromatic carbocycles. The van der Waals surface area contributed by atoms with E-state index in [2.05, 4.69) is 20.9 Å². The van der Waals surface area contributed by atoms with Gasteiger partial charge in [0.2, 0.25) is 5.91 Å².